The number of nitrogens with one attached hydrogen (secondary N) is 1. The van der Waals surface area contributed by atoms with Crippen molar-refractivity contribution in [3.63, 3.8) is 0 Å². The zero-order chi connectivity index (χ0) is 16.1. The summed E-state index contributed by atoms with van der Waals surface area (Å²) in [4.78, 5) is 12.1. The molecular formula is C19H16BrNOS. The Balaban J connectivity index is 1.53. The summed E-state index contributed by atoms with van der Waals surface area (Å²) in [6.45, 7) is 0. The van der Waals surface area contributed by atoms with Crippen LogP contribution in [-0.2, 0) is 10.5 Å². The molecule has 0 atom stereocenters. The lowest BCUT2D eigenvalue weighted by atomic mass is 10.1. The molecule has 0 aliphatic heterocycles. The number of thioether (sulfide) groups is 1. The highest BCUT2D eigenvalue weighted by molar-refractivity contribution is 9.10. The maximum Gasteiger partial charge on any atom is 0.234 e. The molecular weight excluding hydrogens is 370 g/mol. The number of anilines is 1. The minimum absolute atomic E-state index is 0.0300. The van der Waals surface area contributed by atoms with Gasteiger partial charge in [-0.3, -0.25) is 4.79 Å². The number of rotatable bonds is 5. The number of amides is 1. The molecule has 2 nitrogen and oxygen atoms in total. The van der Waals surface area contributed by atoms with Crippen LogP contribution in [0.2, 0.25) is 0 Å². The van der Waals surface area contributed by atoms with Gasteiger partial charge in [-0.25, -0.2) is 0 Å². The molecule has 4 heteroatoms. The van der Waals surface area contributed by atoms with Crippen LogP contribution < -0.4 is 5.32 Å². The molecule has 0 bridgehead atoms. The molecule has 0 saturated heterocycles. The summed E-state index contributed by atoms with van der Waals surface area (Å²) in [5.41, 5.74) is 2.06. The second-order valence-electron chi connectivity index (χ2n) is 5.23. The van der Waals surface area contributed by atoms with Crippen molar-refractivity contribution >= 4 is 50.1 Å². The van der Waals surface area contributed by atoms with Crippen molar-refractivity contribution in [1.82, 2.24) is 0 Å². The van der Waals surface area contributed by atoms with Gasteiger partial charge in [-0.15, -0.1) is 11.8 Å². The Hall–Kier alpha value is -1.78. The molecule has 1 N–H and O–H groups in total. The first-order chi connectivity index (χ1) is 11.2. The Morgan fingerprint density at radius 2 is 1.70 bits per heavy atom. The smallest absolute Gasteiger partial charge is 0.234 e. The van der Waals surface area contributed by atoms with Crippen LogP contribution in [0.3, 0.4) is 0 Å². The van der Waals surface area contributed by atoms with Crippen LogP contribution in [0.25, 0.3) is 10.8 Å². The molecule has 0 saturated carbocycles. The number of halogens is 1. The lowest BCUT2D eigenvalue weighted by molar-refractivity contribution is -0.113. The zero-order valence-electron chi connectivity index (χ0n) is 12.5. The first-order valence-corrected chi connectivity index (χ1v) is 9.26. The summed E-state index contributed by atoms with van der Waals surface area (Å²) in [6, 6.07) is 22.3. The van der Waals surface area contributed by atoms with E-state index in [0.29, 0.717) is 5.75 Å². The molecule has 0 radical (unpaired) electrons. The lowest BCUT2D eigenvalue weighted by Gasteiger charge is -2.07. The summed E-state index contributed by atoms with van der Waals surface area (Å²) >= 11 is 5.04. The van der Waals surface area contributed by atoms with E-state index in [1.807, 2.05) is 48.5 Å². The monoisotopic (exact) mass is 385 g/mol. The average molecular weight is 386 g/mol. The third kappa shape index (κ3) is 4.60. The van der Waals surface area contributed by atoms with Crippen LogP contribution in [0, 0.1) is 0 Å². The molecule has 0 aromatic heterocycles. The van der Waals surface area contributed by atoms with Crippen LogP contribution in [-0.4, -0.2) is 11.7 Å². The van der Waals surface area contributed by atoms with E-state index in [4.69, 9.17) is 0 Å². The van der Waals surface area contributed by atoms with Crippen LogP contribution in [0.4, 0.5) is 5.69 Å². The number of fused-ring (bicyclic) bond motifs is 1. The predicted octanol–water partition coefficient (Wildman–Crippen LogP) is 5.47. The fourth-order valence-corrected chi connectivity index (χ4v) is 3.36. The molecule has 0 aliphatic rings. The van der Waals surface area contributed by atoms with Gasteiger partial charge >= 0.3 is 0 Å². The summed E-state index contributed by atoms with van der Waals surface area (Å²) < 4.78 is 1.07. The fraction of sp³-hybridized carbons (Fsp3) is 0.105. The van der Waals surface area contributed by atoms with Crippen LogP contribution in [0.5, 0.6) is 0 Å². The van der Waals surface area contributed by atoms with Crippen molar-refractivity contribution in [2.75, 3.05) is 11.1 Å². The van der Waals surface area contributed by atoms with E-state index in [1.165, 1.54) is 10.9 Å². The number of hydrogen-bond acceptors (Lipinski definition) is 2. The van der Waals surface area contributed by atoms with Gasteiger partial charge in [-0.1, -0.05) is 58.4 Å². The molecule has 3 aromatic carbocycles. The Morgan fingerprint density at radius 3 is 2.48 bits per heavy atom. The van der Waals surface area contributed by atoms with Gasteiger partial charge in [0.2, 0.25) is 5.91 Å². The van der Waals surface area contributed by atoms with Crippen molar-refractivity contribution < 1.29 is 4.79 Å². The van der Waals surface area contributed by atoms with Crippen LogP contribution in [0.1, 0.15) is 5.56 Å². The average Bonchev–Trinajstić information content (AvgIpc) is 2.56. The van der Waals surface area contributed by atoms with E-state index < -0.39 is 0 Å². The Morgan fingerprint density at radius 1 is 0.957 bits per heavy atom. The highest BCUT2D eigenvalue weighted by Crippen LogP contribution is 2.20. The highest BCUT2D eigenvalue weighted by Gasteiger charge is 2.04. The van der Waals surface area contributed by atoms with Gasteiger partial charge in [0.1, 0.15) is 0 Å². The van der Waals surface area contributed by atoms with Crippen molar-refractivity contribution in [2.45, 2.75) is 5.75 Å². The van der Waals surface area contributed by atoms with E-state index in [0.717, 1.165) is 21.3 Å². The number of carbonyl (C=O) groups is 1. The first-order valence-electron chi connectivity index (χ1n) is 7.31. The molecule has 1 amide bonds. The number of hydrogen-bond donors (Lipinski definition) is 1. The van der Waals surface area contributed by atoms with Gasteiger partial charge < -0.3 is 5.32 Å². The predicted molar refractivity (Wildman–Crippen MR) is 103 cm³/mol. The summed E-state index contributed by atoms with van der Waals surface area (Å²) in [5.74, 6) is 1.31. The largest absolute Gasteiger partial charge is 0.325 e. The molecule has 3 aromatic rings. The second-order valence-corrected chi connectivity index (χ2v) is 7.13. The first kappa shape index (κ1) is 16.1. The van der Waals surface area contributed by atoms with E-state index in [-0.39, 0.29) is 5.91 Å². The molecule has 0 unspecified atom stereocenters. The van der Waals surface area contributed by atoms with E-state index in [9.17, 15) is 4.79 Å². The number of benzene rings is 3. The lowest BCUT2D eigenvalue weighted by Crippen LogP contribution is -2.14. The van der Waals surface area contributed by atoms with Gasteiger partial charge in [0.05, 0.1) is 5.75 Å². The number of carbonyl (C=O) groups excluding carboxylic acids is 1. The van der Waals surface area contributed by atoms with Gasteiger partial charge in [-0.05, 0) is 40.6 Å². The quantitative estimate of drug-likeness (QED) is 0.630. The van der Waals surface area contributed by atoms with Gasteiger partial charge in [0.25, 0.3) is 0 Å². The fourth-order valence-electron chi connectivity index (χ4n) is 2.31. The van der Waals surface area contributed by atoms with E-state index >= 15 is 0 Å². The normalized spacial score (nSPS) is 10.7. The van der Waals surface area contributed by atoms with Gasteiger partial charge in [0.15, 0.2) is 0 Å². The Bertz CT molecular complexity index is 817. The minimum Gasteiger partial charge on any atom is -0.325 e. The molecule has 0 heterocycles. The van der Waals surface area contributed by atoms with Crippen LogP contribution in [0.15, 0.2) is 71.2 Å². The highest BCUT2D eigenvalue weighted by atomic mass is 79.9. The molecule has 116 valence electrons. The van der Waals surface area contributed by atoms with Crippen molar-refractivity contribution in [1.29, 1.82) is 0 Å². The maximum atomic E-state index is 12.1. The van der Waals surface area contributed by atoms with Crippen LogP contribution >= 0.6 is 27.7 Å². The molecule has 0 spiro atoms. The summed E-state index contributed by atoms with van der Waals surface area (Å²) in [5, 5.41) is 5.27. The molecule has 0 fully saturated rings. The summed E-state index contributed by atoms with van der Waals surface area (Å²) in [7, 11) is 0. The van der Waals surface area contributed by atoms with Gasteiger partial charge in [-0.2, -0.15) is 0 Å². The molecule has 3 rings (SSSR count). The Labute approximate surface area is 148 Å². The van der Waals surface area contributed by atoms with Gasteiger partial charge in [0, 0.05) is 15.9 Å². The molecule has 0 aliphatic carbocycles. The Kier molecular flexibility index (Phi) is 5.36. The van der Waals surface area contributed by atoms with E-state index in [1.54, 1.807) is 11.8 Å². The van der Waals surface area contributed by atoms with Crippen molar-refractivity contribution in [3.8, 4) is 0 Å². The SMILES string of the molecule is O=C(CSCc1ccc(Br)cc1)Nc1ccc2ccccc2c1. The standard InChI is InChI=1S/C19H16BrNOS/c20-17-8-5-14(6-9-17)12-23-13-19(22)21-18-10-7-15-3-1-2-4-16(15)11-18/h1-11H,12-13H2,(H,21,22). The third-order valence-electron chi connectivity index (χ3n) is 3.45. The summed E-state index contributed by atoms with van der Waals surface area (Å²) in [6.07, 6.45) is 0. The van der Waals surface area contributed by atoms with E-state index in [2.05, 4.69) is 39.4 Å². The topological polar surface area (TPSA) is 29.1 Å². The minimum atomic E-state index is 0.0300. The van der Waals surface area contributed by atoms with Crippen molar-refractivity contribution in [2.24, 2.45) is 0 Å². The second kappa shape index (κ2) is 7.66. The molecule has 23 heavy (non-hydrogen) atoms. The maximum absolute atomic E-state index is 12.1. The third-order valence-corrected chi connectivity index (χ3v) is 4.98. The zero-order valence-corrected chi connectivity index (χ0v) is 14.9. The van der Waals surface area contributed by atoms with Crippen molar-refractivity contribution in [3.05, 3.63) is 76.8 Å².